The highest BCUT2D eigenvalue weighted by Gasteiger charge is 2.23. The molecule has 0 fully saturated rings. The van der Waals surface area contributed by atoms with Crippen LogP contribution in [0.25, 0.3) is 0 Å². The summed E-state index contributed by atoms with van der Waals surface area (Å²) in [6.45, 7) is 0. The van der Waals surface area contributed by atoms with Crippen LogP contribution in [0.15, 0.2) is 29.6 Å². The van der Waals surface area contributed by atoms with Crippen LogP contribution in [0.3, 0.4) is 0 Å². The molecule has 0 unspecified atom stereocenters. The molecule has 0 saturated carbocycles. The summed E-state index contributed by atoms with van der Waals surface area (Å²) >= 11 is 5.79. The molecule has 0 aliphatic rings. The summed E-state index contributed by atoms with van der Waals surface area (Å²) in [7, 11) is -2.58. The van der Waals surface area contributed by atoms with Gasteiger partial charge in [0.15, 0.2) is 0 Å². The number of benzene rings is 1. The van der Waals surface area contributed by atoms with Crippen LogP contribution < -0.4 is 4.72 Å². The van der Waals surface area contributed by atoms with Crippen LogP contribution in [0.1, 0.15) is 5.56 Å². The van der Waals surface area contributed by atoms with Crippen molar-refractivity contribution in [3.63, 3.8) is 0 Å². The van der Waals surface area contributed by atoms with Crippen molar-refractivity contribution in [3.05, 3.63) is 41.1 Å². The average Bonchev–Trinajstić information content (AvgIpc) is 2.73. The van der Waals surface area contributed by atoms with E-state index in [4.69, 9.17) is 16.9 Å². The largest absolute Gasteiger partial charge is 0.324 e. The van der Waals surface area contributed by atoms with Crippen molar-refractivity contribution in [2.24, 2.45) is 7.05 Å². The quantitative estimate of drug-likeness (QED) is 0.937. The van der Waals surface area contributed by atoms with Gasteiger partial charge in [-0.1, -0.05) is 11.6 Å². The fourth-order valence-electron chi connectivity index (χ4n) is 1.43. The molecule has 0 spiro atoms. The smallest absolute Gasteiger partial charge is 0.282 e. The van der Waals surface area contributed by atoms with Gasteiger partial charge in [-0.15, -0.1) is 0 Å². The summed E-state index contributed by atoms with van der Waals surface area (Å²) in [6.07, 6.45) is 1.23. The molecule has 6 nitrogen and oxygen atoms in total. The van der Waals surface area contributed by atoms with Gasteiger partial charge < -0.3 is 4.57 Å². The second kappa shape index (κ2) is 5.11. The zero-order valence-electron chi connectivity index (χ0n) is 10.1. The zero-order chi connectivity index (χ0) is 14.9. The Hall–Kier alpha value is -2.11. The Bertz CT molecular complexity index is 810. The first-order chi connectivity index (χ1) is 9.35. The van der Waals surface area contributed by atoms with Gasteiger partial charge in [-0.25, -0.2) is 9.37 Å². The third-order valence-corrected chi connectivity index (χ3v) is 4.29. The normalized spacial score (nSPS) is 11.1. The number of imidazole rings is 1. The van der Waals surface area contributed by atoms with E-state index in [1.165, 1.54) is 24.0 Å². The van der Waals surface area contributed by atoms with Gasteiger partial charge in [-0.2, -0.15) is 13.7 Å². The lowest BCUT2D eigenvalue weighted by atomic mass is 10.2. The number of nitriles is 1. The number of rotatable bonds is 3. The summed E-state index contributed by atoms with van der Waals surface area (Å²) in [5.74, 6) is -0.861. The zero-order valence-corrected chi connectivity index (χ0v) is 11.7. The fraction of sp³-hybridized carbons (Fsp3) is 0.0909. The van der Waals surface area contributed by atoms with Crippen LogP contribution in [0.5, 0.6) is 0 Å². The molecule has 1 heterocycles. The maximum absolute atomic E-state index is 13.7. The molecule has 1 aromatic carbocycles. The molecule has 0 atom stereocenters. The maximum Gasteiger partial charge on any atom is 0.282 e. The van der Waals surface area contributed by atoms with Crippen molar-refractivity contribution in [2.45, 2.75) is 5.03 Å². The number of hydrogen-bond donors (Lipinski definition) is 1. The summed E-state index contributed by atoms with van der Waals surface area (Å²) in [5.41, 5.74) is -0.202. The van der Waals surface area contributed by atoms with Crippen LogP contribution in [0, 0.1) is 17.1 Å². The lowest BCUT2D eigenvalue weighted by Crippen LogP contribution is -2.15. The van der Waals surface area contributed by atoms with E-state index in [9.17, 15) is 12.8 Å². The summed E-state index contributed by atoms with van der Waals surface area (Å²) < 4.78 is 41.1. The van der Waals surface area contributed by atoms with Gasteiger partial charge in [0.2, 0.25) is 5.03 Å². The lowest BCUT2D eigenvalue weighted by Gasteiger charge is -2.07. The van der Waals surface area contributed by atoms with Gasteiger partial charge in [0.25, 0.3) is 10.0 Å². The lowest BCUT2D eigenvalue weighted by molar-refractivity contribution is 0.595. The Morgan fingerprint density at radius 1 is 1.50 bits per heavy atom. The number of nitrogens with zero attached hydrogens (tertiary/aromatic N) is 3. The Balaban J connectivity index is 2.39. The van der Waals surface area contributed by atoms with Gasteiger partial charge >= 0.3 is 0 Å². The molecule has 0 saturated heterocycles. The molecule has 0 aliphatic carbocycles. The fourth-order valence-corrected chi connectivity index (χ4v) is 2.94. The Morgan fingerprint density at radius 2 is 2.20 bits per heavy atom. The molecule has 0 amide bonds. The SMILES string of the molecule is Cn1cnc(S(=O)(=O)Nc2ccc(C#N)cc2F)c1Cl. The highest BCUT2D eigenvalue weighted by molar-refractivity contribution is 7.92. The van der Waals surface area contributed by atoms with Gasteiger partial charge in [-0.05, 0) is 18.2 Å². The molecule has 1 aromatic heterocycles. The standard InChI is InChI=1S/C11H8ClFN4O2S/c1-17-6-15-11(10(17)12)20(18,19)16-9-3-2-7(5-14)4-8(9)13/h2-4,6,16H,1H3. The van der Waals surface area contributed by atoms with E-state index in [-0.39, 0.29) is 16.4 Å². The van der Waals surface area contributed by atoms with E-state index in [2.05, 4.69) is 4.98 Å². The molecule has 104 valence electrons. The highest BCUT2D eigenvalue weighted by Crippen LogP contribution is 2.23. The van der Waals surface area contributed by atoms with Gasteiger partial charge in [-0.3, -0.25) is 4.72 Å². The minimum atomic E-state index is -4.10. The second-order valence-corrected chi connectivity index (χ2v) is 5.82. The average molecular weight is 315 g/mol. The third kappa shape index (κ3) is 2.59. The predicted octanol–water partition coefficient (Wildman–Crippen LogP) is 1.89. The number of nitrogens with one attached hydrogen (secondary N) is 1. The predicted molar refractivity (Wildman–Crippen MR) is 70.1 cm³/mol. The number of aromatic nitrogens is 2. The van der Waals surface area contributed by atoms with E-state index in [1.807, 2.05) is 4.72 Å². The minimum absolute atomic E-state index is 0.0846. The topological polar surface area (TPSA) is 87.8 Å². The number of halogens is 2. The van der Waals surface area contributed by atoms with E-state index >= 15 is 0 Å². The molecule has 20 heavy (non-hydrogen) atoms. The van der Waals surface area contributed by atoms with E-state index in [0.717, 1.165) is 12.1 Å². The van der Waals surface area contributed by atoms with Crippen LogP contribution in [0.2, 0.25) is 5.15 Å². The van der Waals surface area contributed by atoms with Crippen LogP contribution >= 0.6 is 11.6 Å². The van der Waals surface area contributed by atoms with Crippen LogP contribution in [0.4, 0.5) is 10.1 Å². The second-order valence-electron chi connectivity index (χ2n) is 3.86. The van der Waals surface area contributed by atoms with E-state index in [1.54, 1.807) is 6.07 Å². The molecule has 2 aromatic rings. The van der Waals surface area contributed by atoms with Crippen molar-refractivity contribution in [1.29, 1.82) is 5.26 Å². The minimum Gasteiger partial charge on any atom is -0.324 e. The molecule has 0 radical (unpaired) electrons. The molecule has 1 N–H and O–H groups in total. The summed E-state index contributed by atoms with van der Waals surface area (Å²) in [5, 5.41) is 8.13. The van der Waals surface area contributed by atoms with Gasteiger partial charge in [0.05, 0.1) is 23.6 Å². The maximum atomic E-state index is 13.7. The van der Waals surface area contributed by atoms with Crippen LogP contribution in [-0.2, 0) is 17.1 Å². The number of sulfonamides is 1. The molecule has 0 aliphatic heterocycles. The van der Waals surface area contributed by atoms with Crippen molar-refractivity contribution in [1.82, 2.24) is 9.55 Å². The monoisotopic (exact) mass is 314 g/mol. The Kier molecular flexibility index (Phi) is 3.65. The number of aryl methyl sites for hydroxylation is 1. The van der Waals surface area contributed by atoms with Gasteiger partial charge in [0, 0.05) is 7.05 Å². The Morgan fingerprint density at radius 3 is 2.70 bits per heavy atom. The molecule has 2 rings (SSSR count). The van der Waals surface area contributed by atoms with Crippen molar-refractivity contribution < 1.29 is 12.8 Å². The van der Waals surface area contributed by atoms with Crippen LogP contribution in [-0.4, -0.2) is 18.0 Å². The first-order valence-electron chi connectivity index (χ1n) is 5.24. The van der Waals surface area contributed by atoms with E-state index in [0.29, 0.717) is 0 Å². The molecular formula is C11H8ClFN4O2S. The van der Waals surface area contributed by atoms with Crippen molar-refractivity contribution in [2.75, 3.05) is 4.72 Å². The van der Waals surface area contributed by atoms with Gasteiger partial charge in [0.1, 0.15) is 11.0 Å². The molecule has 0 bridgehead atoms. The highest BCUT2D eigenvalue weighted by atomic mass is 35.5. The third-order valence-electron chi connectivity index (χ3n) is 2.43. The first kappa shape index (κ1) is 14.3. The van der Waals surface area contributed by atoms with E-state index < -0.39 is 20.9 Å². The molecule has 9 heteroatoms. The number of hydrogen-bond acceptors (Lipinski definition) is 4. The summed E-state index contributed by atoms with van der Waals surface area (Å²) in [4.78, 5) is 3.65. The molecular weight excluding hydrogens is 307 g/mol. The Labute approximate surface area is 119 Å². The number of anilines is 1. The first-order valence-corrected chi connectivity index (χ1v) is 7.10. The van der Waals surface area contributed by atoms with Crippen molar-refractivity contribution >= 4 is 27.3 Å². The van der Waals surface area contributed by atoms with Crippen molar-refractivity contribution in [3.8, 4) is 6.07 Å². The summed E-state index contributed by atoms with van der Waals surface area (Å²) in [6, 6.07) is 5.12.